The number of hydrogen-bond donors (Lipinski definition) is 1. The molecule has 2 aliphatic rings. The molecule has 0 aromatic heterocycles. The van der Waals surface area contributed by atoms with Crippen molar-refractivity contribution >= 4 is 17.8 Å². The molecule has 0 bridgehead atoms. The summed E-state index contributed by atoms with van der Waals surface area (Å²) in [5, 5.41) is 2.71. The lowest BCUT2D eigenvalue weighted by atomic mass is 9.87. The Labute approximate surface area is 183 Å². The molecule has 8 heteroatoms. The molecule has 2 amide bonds. The van der Waals surface area contributed by atoms with E-state index >= 15 is 0 Å². The van der Waals surface area contributed by atoms with Gasteiger partial charge in [0.1, 0.15) is 18.4 Å². The lowest BCUT2D eigenvalue weighted by Crippen LogP contribution is -2.58. The van der Waals surface area contributed by atoms with E-state index in [1.54, 1.807) is 0 Å². The van der Waals surface area contributed by atoms with Gasteiger partial charge in [-0.15, -0.1) is 0 Å². The third kappa shape index (κ3) is 6.43. The molecule has 31 heavy (non-hydrogen) atoms. The molecule has 8 nitrogen and oxygen atoms in total. The number of hydrogen-bond acceptors (Lipinski definition) is 6. The lowest BCUT2D eigenvalue weighted by Gasteiger charge is -2.34. The number of esters is 1. The third-order valence-electron chi connectivity index (χ3n) is 5.55. The number of amides is 2. The number of benzene rings is 1. The fraction of sp³-hybridized carbons (Fsp3) is 0.609. The van der Waals surface area contributed by atoms with Crippen LogP contribution < -0.4 is 10.1 Å². The molecule has 2 atom stereocenters. The van der Waals surface area contributed by atoms with Gasteiger partial charge in [-0.25, -0.2) is 0 Å². The summed E-state index contributed by atoms with van der Waals surface area (Å²) >= 11 is 0. The van der Waals surface area contributed by atoms with Crippen molar-refractivity contribution in [2.75, 3.05) is 32.9 Å². The van der Waals surface area contributed by atoms with Crippen molar-refractivity contribution in [3.05, 3.63) is 29.8 Å². The van der Waals surface area contributed by atoms with Crippen LogP contribution in [0.2, 0.25) is 0 Å². The summed E-state index contributed by atoms with van der Waals surface area (Å²) in [5.41, 5.74) is 1.20. The molecule has 0 spiro atoms. The largest absolute Gasteiger partial charge is 0.484 e. The molecule has 2 heterocycles. The van der Waals surface area contributed by atoms with Crippen LogP contribution in [0.15, 0.2) is 24.3 Å². The van der Waals surface area contributed by atoms with Crippen molar-refractivity contribution in [3.63, 3.8) is 0 Å². The van der Waals surface area contributed by atoms with Gasteiger partial charge in [0.25, 0.3) is 5.91 Å². The third-order valence-corrected chi connectivity index (χ3v) is 5.55. The quantitative estimate of drug-likeness (QED) is 0.661. The second-order valence-electron chi connectivity index (χ2n) is 8.98. The first kappa shape index (κ1) is 23.1. The van der Waals surface area contributed by atoms with E-state index in [0.717, 1.165) is 12.8 Å². The number of ether oxygens (including phenoxy) is 3. The normalized spacial score (nSPS) is 21.5. The molecular weight excluding hydrogens is 400 g/mol. The van der Waals surface area contributed by atoms with Gasteiger partial charge in [-0.3, -0.25) is 14.4 Å². The molecule has 3 rings (SSSR count). The summed E-state index contributed by atoms with van der Waals surface area (Å²) in [5.74, 6) is -0.640. The molecule has 1 aromatic carbocycles. The molecule has 2 fully saturated rings. The van der Waals surface area contributed by atoms with Gasteiger partial charge in [0.2, 0.25) is 5.91 Å². The minimum absolute atomic E-state index is 0.0290. The van der Waals surface area contributed by atoms with E-state index in [2.05, 4.69) is 26.1 Å². The van der Waals surface area contributed by atoms with Crippen LogP contribution in [0.1, 0.15) is 45.6 Å². The van der Waals surface area contributed by atoms with Crippen molar-refractivity contribution in [2.45, 2.75) is 57.6 Å². The Morgan fingerprint density at radius 2 is 1.97 bits per heavy atom. The van der Waals surface area contributed by atoms with E-state index in [1.807, 2.05) is 24.3 Å². The standard InChI is InChI=1S/C23H32N2O6/c1-23(2,3)16-6-8-17(9-7-16)30-15-20(26)25-11-10-24-22(28)19(25)13-21(27)31-14-18-5-4-12-29-18/h6-9,18-19H,4-5,10-15H2,1-3H3,(H,24,28)/t18-,19+/m0/s1. The molecule has 0 saturated carbocycles. The number of piperazine rings is 1. The highest BCUT2D eigenvalue weighted by atomic mass is 16.6. The van der Waals surface area contributed by atoms with Crippen molar-refractivity contribution < 1.29 is 28.6 Å². The van der Waals surface area contributed by atoms with E-state index in [9.17, 15) is 14.4 Å². The second kappa shape index (κ2) is 10.1. The minimum atomic E-state index is -0.898. The Balaban J connectivity index is 1.53. The first-order valence-electron chi connectivity index (χ1n) is 10.8. The van der Waals surface area contributed by atoms with Gasteiger partial charge in [0.05, 0.1) is 12.5 Å². The molecule has 1 N–H and O–H groups in total. The number of carbonyl (C=O) groups is 3. The van der Waals surface area contributed by atoms with E-state index in [4.69, 9.17) is 14.2 Å². The zero-order valence-corrected chi connectivity index (χ0v) is 18.5. The average Bonchev–Trinajstić information content (AvgIpc) is 3.25. The first-order valence-corrected chi connectivity index (χ1v) is 10.8. The van der Waals surface area contributed by atoms with Gasteiger partial charge < -0.3 is 24.4 Å². The fourth-order valence-corrected chi connectivity index (χ4v) is 3.67. The summed E-state index contributed by atoms with van der Waals surface area (Å²) < 4.78 is 16.3. The average molecular weight is 433 g/mol. The van der Waals surface area contributed by atoms with Gasteiger partial charge in [-0.1, -0.05) is 32.9 Å². The Morgan fingerprint density at radius 3 is 2.61 bits per heavy atom. The summed E-state index contributed by atoms with van der Waals surface area (Å²) in [7, 11) is 0. The van der Waals surface area contributed by atoms with Gasteiger partial charge in [-0.05, 0) is 36.0 Å². The molecule has 2 aliphatic heterocycles. The van der Waals surface area contributed by atoms with E-state index in [0.29, 0.717) is 25.4 Å². The van der Waals surface area contributed by atoms with Crippen LogP contribution in [0.4, 0.5) is 0 Å². The van der Waals surface area contributed by atoms with Crippen LogP contribution in [0.3, 0.4) is 0 Å². The number of carbonyl (C=O) groups excluding carboxylic acids is 3. The van der Waals surface area contributed by atoms with Gasteiger partial charge in [0, 0.05) is 19.7 Å². The summed E-state index contributed by atoms with van der Waals surface area (Å²) in [6.07, 6.45) is 1.54. The smallest absolute Gasteiger partial charge is 0.308 e. The van der Waals surface area contributed by atoms with Crippen molar-refractivity contribution in [3.8, 4) is 5.75 Å². The Bertz CT molecular complexity index is 780. The monoisotopic (exact) mass is 432 g/mol. The molecule has 170 valence electrons. The zero-order valence-electron chi connectivity index (χ0n) is 18.5. The predicted molar refractivity (Wildman–Crippen MR) is 114 cm³/mol. The van der Waals surface area contributed by atoms with Gasteiger partial charge >= 0.3 is 5.97 Å². The van der Waals surface area contributed by atoms with E-state index in [-0.39, 0.29) is 43.0 Å². The first-order chi connectivity index (χ1) is 14.7. The van der Waals surface area contributed by atoms with E-state index < -0.39 is 12.0 Å². The van der Waals surface area contributed by atoms with E-state index in [1.165, 1.54) is 10.5 Å². The zero-order chi connectivity index (χ0) is 22.4. The topological polar surface area (TPSA) is 94.2 Å². The second-order valence-corrected chi connectivity index (χ2v) is 8.98. The highest BCUT2D eigenvalue weighted by Crippen LogP contribution is 2.24. The SMILES string of the molecule is CC(C)(C)c1ccc(OCC(=O)N2CCNC(=O)[C@H]2CC(=O)OC[C@@H]2CCCO2)cc1. The van der Waals surface area contributed by atoms with Crippen molar-refractivity contribution in [2.24, 2.45) is 0 Å². The van der Waals surface area contributed by atoms with Crippen LogP contribution >= 0.6 is 0 Å². The summed E-state index contributed by atoms with van der Waals surface area (Å²) in [6.45, 7) is 7.68. The van der Waals surface area contributed by atoms with Crippen LogP contribution in [0, 0.1) is 0 Å². The predicted octanol–water partition coefficient (Wildman–Crippen LogP) is 1.80. The summed E-state index contributed by atoms with van der Waals surface area (Å²) in [4.78, 5) is 38.7. The van der Waals surface area contributed by atoms with Gasteiger partial charge in [-0.2, -0.15) is 0 Å². The fourth-order valence-electron chi connectivity index (χ4n) is 3.67. The maximum atomic E-state index is 12.8. The summed E-state index contributed by atoms with van der Waals surface area (Å²) in [6, 6.07) is 6.71. The maximum Gasteiger partial charge on any atom is 0.308 e. The molecule has 0 radical (unpaired) electrons. The molecule has 2 saturated heterocycles. The Hall–Kier alpha value is -2.61. The number of rotatable bonds is 7. The molecule has 0 unspecified atom stereocenters. The number of nitrogens with zero attached hydrogens (tertiary/aromatic N) is 1. The lowest BCUT2D eigenvalue weighted by molar-refractivity contribution is -0.154. The van der Waals surface area contributed by atoms with Crippen LogP contribution in [-0.4, -0.2) is 67.7 Å². The molecule has 0 aliphatic carbocycles. The minimum Gasteiger partial charge on any atom is -0.484 e. The Morgan fingerprint density at radius 1 is 1.23 bits per heavy atom. The highest BCUT2D eigenvalue weighted by molar-refractivity contribution is 5.92. The molecule has 1 aromatic rings. The van der Waals surface area contributed by atoms with Crippen LogP contribution in [-0.2, 0) is 29.3 Å². The van der Waals surface area contributed by atoms with Crippen molar-refractivity contribution in [1.82, 2.24) is 10.2 Å². The van der Waals surface area contributed by atoms with Crippen LogP contribution in [0.25, 0.3) is 0 Å². The number of nitrogens with one attached hydrogen (secondary N) is 1. The van der Waals surface area contributed by atoms with Crippen LogP contribution in [0.5, 0.6) is 5.75 Å². The molecular formula is C23H32N2O6. The Kier molecular flexibility index (Phi) is 7.54. The van der Waals surface area contributed by atoms with Crippen molar-refractivity contribution in [1.29, 1.82) is 0 Å². The highest BCUT2D eigenvalue weighted by Gasteiger charge is 2.35. The maximum absolute atomic E-state index is 12.8. The van der Waals surface area contributed by atoms with Gasteiger partial charge in [0.15, 0.2) is 6.61 Å².